The van der Waals surface area contributed by atoms with E-state index in [9.17, 15) is 9.59 Å². The molecular formula is C16H20N4O3. The van der Waals surface area contributed by atoms with E-state index in [0.29, 0.717) is 5.69 Å². The van der Waals surface area contributed by atoms with Crippen molar-refractivity contribution in [1.82, 2.24) is 9.78 Å². The van der Waals surface area contributed by atoms with Gasteiger partial charge >= 0.3 is 5.97 Å². The second-order valence-electron chi connectivity index (χ2n) is 5.04. The summed E-state index contributed by atoms with van der Waals surface area (Å²) in [6.07, 6.45) is 1.39. The molecule has 0 saturated carbocycles. The zero-order valence-corrected chi connectivity index (χ0v) is 13.4. The van der Waals surface area contributed by atoms with Crippen molar-refractivity contribution in [3.8, 4) is 0 Å². The lowest BCUT2D eigenvalue weighted by molar-refractivity contribution is 0.0685. The second kappa shape index (κ2) is 6.95. The SMILES string of the molecule is CCN(CC)c1ccc(NC(=O)c2cn(C)nc2C(=O)O)cc1. The molecule has 2 rings (SSSR count). The fraction of sp³-hybridized carbons (Fsp3) is 0.312. The van der Waals surface area contributed by atoms with Crippen LogP contribution >= 0.6 is 0 Å². The number of aromatic nitrogens is 2. The Morgan fingerprint density at radius 2 is 1.83 bits per heavy atom. The number of nitrogens with one attached hydrogen (secondary N) is 1. The minimum atomic E-state index is -1.23. The molecule has 1 heterocycles. The predicted octanol–water partition coefficient (Wildman–Crippen LogP) is 2.22. The van der Waals surface area contributed by atoms with Crippen molar-refractivity contribution in [3.63, 3.8) is 0 Å². The molecule has 0 aliphatic rings. The van der Waals surface area contributed by atoms with Crippen molar-refractivity contribution in [3.05, 3.63) is 41.7 Å². The summed E-state index contributed by atoms with van der Waals surface area (Å²) in [7, 11) is 1.57. The highest BCUT2D eigenvalue weighted by molar-refractivity contribution is 6.09. The Morgan fingerprint density at radius 1 is 1.22 bits per heavy atom. The van der Waals surface area contributed by atoms with E-state index >= 15 is 0 Å². The Hall–Kier alpha value is -2.83. The van der Waals surface area contributed by atoms with E-state index < -0.39 is 11.9 Å². The summed E-state index contributed by atoms with van der Waals surface area (Å²) in [5.74, 6) is -1.72. The third-order valence-corrected chi connectivity index (χ3v) is 3.53. The smallest absolute Gasteiger partial charge is 0.357 e. The molecule has 7 heteroatoms. The minimum Gasteiger partial charge on any atom is -0.476 e. The number of carbonyl (C=O) groups is 2. The Morgan fingerprint density at radius 3 is 2.35 bits per heavy atom. The summed E-state index contributed by atoms with van der Waals surface area (Å²) >= 11 is 0. The van der Waals surface area contributed by atoms with Crippen LogP contribution in [0.4, 0.5) is 11.4 Å². The first-order valence-corrected chi connectivity index (χ1v) is 7.39. The maximum Gasteiger partial charge on any atom is 0.357 e. The van der Waals surface area contributed by atoms with Crippen LogP contribution in [-0.2, 0) is 7.05 Å². The molecule has 0 unspecified atom stereocenters. The first-order chi connectivity index (χ1) is 11.0. The molecule has 1 aromatic carbocycles. The van der Waals surface area contributed by atoms with Gasteiger partial charge in [0.1, 0.15) is 0 Å². The number of hydrogen-bond donors (Lipinski definition) is 2. The zero-order chi connectivity index (χ0) is 17.0. The van der Waals surface area contributed by atoms with E-state index in [-0.39, 0.29) is 11.3 Å². The van der Waals surface area contributed by atoms with Gasteiger partial charge in [0, 0.05) is 37.7 Å². The van der Waals surface area contributed by atoms with Gasteiger partial charge in [-0.05, 0) is 38.1 Å². The van der Waals surface area contributed by atoms with Gasteiger partial charge in [0.15, 0.2) is 5.69 Å². The standard InChI is InChI=1S/C16H20N4O3/c1-4-20(5-2)12-8-6-11(7-9-12)17-15(21)13-10-19(3)18-14(13)16(22)23/h6-10H,4-5H2,1-3H3,(H,17,21)(H,22,23). The fourth-order valence-electron chi connectivity index (χ4n) is 2.36. The highest BCUT2D eigenvalue weighted by Gasteiger charge is 2.21. The largest absolute Gasteiger partial charge is 0.476 e. The highest BCUT2D eigenvalue weighted by atomic mass is 16.4. The molecule has 0 radical (unpaired) electrons. The molecule has 122 valence electrons. The molecule has 0 aliphatic carbocycles. The fourth-order valence-corrected chi connectivity index (χ4v) is 2.36. The first-order valence-electron chi connectivity index (χ1n) is 7.39. The van der Waals surface area contributed by atoms with Gasteiger partial charge in [-0.1, -0.05) is 0 Å². The molecule has 7 nitrogen and oxygen atoms in total. The van der Waals surface area contributed by atoms with Gasteiger partial charge < -0.3 is 15.3 Å². The van der Waals surface area contributed by atoms with E-state index in [1.807, 2.05) is 12.1 Å². The number of carboxylic acids is 1. The Kier molecular flexibility index (Phi) is 5.00. The van der Waals surface area contributed by atoms with E-state index in [1.165, 1.54) is 10.9 Å². The number of carboxylic acid groups (broad SMARTS) is 1. The molecule has 2 N–H and O–H groups in total. The predicted molar refractivity (Wildman–Crippen MR) is 88.1 cm³/mol. The maximum absolute atomic E-state index is 12.2. The molecular weight excluding hydrogens is 296 g/mol. The van der Waals surface area contributed by atoms with Gasteiger partial charge in [-0.3, -0.25) is 9.48 Å². The average molecular weight is 316 g/mol. The van der Waals surface area contributed by atoms with Gasteiger partial charge in [0.05, 0.1) is 5.56 Å². The Bertz CT molecular complexity index is 703. The van der Waals surface area contributed by atoms with Gasteiger partial charge in [0.2, 0.25) is 0 Å². The number of anilines is 2. The molecule has 0 aliphatic heterocycles. The minimum absolute atomic E-state index is 0.0350. The van der Waals surface area contributed by atoms with Crippen LogP contribution < -0.4 is 10.2 Å². The van der Waals surface area contributed by atoms with Crippen molar-refractivity contribution in [1.29, 1.82) is 0 Å². The number of aromatic carboxylic acids is 1. The van der Waals surface area contributed by atoms with Crippen LogP contribution in [-0.4, -0.2) is 39.9 Å². The van der Waals surface area contributed by atoms with Crippen LogP contribution in [0, 0.1) is 0 Å². The van der Waals surface area contributed by atoms with Crippen LogP contribution in [0.5, 0.6) is 0 Å². The summed E-state index contributed by atoms with van der Waals surface area (Å²) in [6, 6.07) is 7.43. The lowest BCUT2D eigenvalue weighted by atomic mass is 10.2. The zero-order valence-electron chi connectivity index (χ0n) is 13.4. The lowest BCUT2D eigenvalue weighted by Gasteiger charge is -2.21. The van der Waals surface area contributed by atoms with Crippen LogP contribution in [0.1, 0.15) is 34.7 Å². The topological polar surface area (TPSA) is 87.5 Å². The van der Waals surface area contributed by atoms with Gasteiger partial charge in [-0.2, -0.15) is 5.10 Å². The molecule has 0 bridgehead atoms. The molecule has 0 atom stereocenters. The van der Waals surface area contributed by atoms with Crippen molar-refractivity contribution in [2.24, 2.45) is 7.05 Å². The Balaban J connectivity index is 2.16. The van der Waals surface area contributed by atoms with E-state index in [1.54, 1.807) is 19.2 Å². The van der Waals surface area contributed by atoms with Crippen molar-refractivity contribution in [2.45, 2.75) is 13.8 Å². The van der Waals surface area contributed by atoms with E-state index in [0.717, 1.165) is 18.8 Å². The quantitative estimate of drug-likeness (QED) is 0.853. The molecule has 2 aromatic rings. The van der Waals surface area contributed by atoms with Gasteiger partial charge in [-0.15, -0.1) is 0 Å². The number of amides is 1. The maximum atomic E-state index is 12.2. The first kappa shape index (κ1) is 16.5. The summed E-state index contributed by atoms with van der Waals surface area (Å²) in [5, 5.41) is 15.6. The van der Waals surface area contributed by atoms with Crippen LogP contribution in [0.3, 0.4) is 0 Å². The molecule has 23 heavy (non-hydrogen) atoms. The van der Waals surface area contributed by atoms with Crippen LogP contribution in [0.15, 0.2) is 30.5 Å². The summed E-state index contributed by atoms with van der Waals surface area (Å²) in [6.45, 7) is 5.96. The average Bonchev–Trinajstić information content (AvgIpc) is 2.92. The van der Waals surface area contributed by atoms with Crippen molar-refractivity contribution >= 4 is 23.3 Å². The van der Waals surface area contributed by atoms with E-state index in [2.05, 4.69) is 29.2 Å². The highest BCUT2D eigenvalue weighted by Crippen LogP contribution is 2.18. The van der Waals surface area contributed by atoms with Crippen LogP contribution in [0.25, 0.3) is 0 Å². The Labute approximate surface area is 134 Å². The lowest BCUT2D eigenvalue weighted by Crippen LogP contribution is -2.21. The number of benzene rings is 1. The number of hydrogen-bond acceptors (Lipinski definition) is 4. The van der Waals surface area contributed by atoms with Gasteiger partial charge in [0.25, 0.3) is 5.91 Å². The summed E-state index contributed by atoms with van der Waals surface area (Å²) in [5.41, 5.74) is 1.45. The van der Waals surface area contributed by atoms with E-state index in [4.69, 9.17) is 5.11 Å². The van der Waals surface area contributed by atoms with Crippen LogP contribution in [0.2, 0.25) is 0 Å². The second-order valence-corrected chi connectivity index (χ2v) is 5.04. The number of carbonyl (C=O) groups excluding carboxylic acids is 1. The molecule has 1 aromatic heterocycles. The number of nitrogens with zero attached hydrogens (tertiary/aromatic N) is 3. The molecule has 1 amide bonds. The van der Waals surface area contributed by atoms with Crippen molar-refractivity contribution < 1.29 is 14.7 Å². The third kappa shape index (κ3) is 3.68. The number of aryl methyl sites for hydroxylation is 1. The number of rotatable bonds is 6. The molecule has 0 spiro atoms. The third-order valence-electron chi connectivity index (χ3n) is 3.53. The summed E-state index contributed by atoms with van der Waals surface area (Å²) in [4.78, 5) is 25.6. The molecule has 0 saturated heterocycles. The monoisotopic (exact) mass is 316 g/mol. The molecule has 0 fully saturated rings. The normalized spacial score (nSPS) is 10.4. The van der Waals surface area contributed by atoms with Crippen molar-refractivity contribution in [2.75, 3.05) is 23.3 Å². The van der Waals surface area contributed by atoms with Gasteiger partial charge in [-0.25, -0.2) is 4.79 Å². The summed E-state index contributed by atoms with van der Waals surface area (Å²) < 4.78 is 1.31.